The Morgan fingerprint density at radius 3 is 2.42 bits per heavy atom. The van der Waals surface area contributed by atoms with Crippen molar-refractivity contribution in [1.82, 2.24) is 0 Å². The van der Waals surface area contributed by atoms with Crippen molar-refractivity contribution in [3.8, 4) is 0 Å². The summed E-state index contributed by atoms with van der Waals surface area (Å²) in [5.74, 6) is 0.691. The average molecular weight is 438 g/mol. The van der Waals surface area contributed by atoms with Gasteiger partial charge in [0.05, 0.1) is 12.2 Å². The Labute approximate surface area is 184 Å². The monoisotopic (exact) mass is 437 g/mol. The molecule has 0 aromatic rings. The van der Waals surface area contributed by atoms with Gasteiger partial charge in [0.25, 0.3) is 0 Å². The van der Waals surface area contributed by atoms with Crippen molar-refractivity contribution in [2.24, 2.45) is 46.3 Å². The van der Waals surface area contributed by atoms with Crippen LogP contribution < -0.4 is 0 Å². The molecule has 7 heteroatoms. The van der Waals surface area contributed by atoms with Crippen LogP contribution in [-0.2, 0) is 4.79 Å². The second-order valence-electron chi connectivity index (χ2n) is 11.7. The van der Waals surface area contributed by atoms with E-state index in [2.05, 4.69) is 20.8 Å². The lowest BCUT2D eigenvalue weighted by atomic mass is 9.42. The van der Waals surface area contributed by atoms with Crippen LogP contribution in [-0.4, -0.2) is 44.5 Å². The lowest BCUT2D eigenvalue weighted by Crippen LogP contribution is -2.63. The Morgan fingerprint density at radius 1 is 1.06 bits per heavy atom. The Bertz CT molecular complexity index is 729. The van der Waals surface area contributed by atoms with Gasteiger partial charge in [0.1, 0.15) is 0 Å². The maximum absolute atomic E-state index is 12.1. The SMILES string of the molecule is C[C@H](CCC(=O)O)[C@H]1CC[C@H]2[C@@H]3CC[C@@H]4C[C@H](O)CC([N+](=O)[O-])[C@]4(C)[C@H]3C[C@H](O)[C@]12C. The summed E-state index contributed by atoms with van der Waals surface area (Å²) in [4.78, 5) is 23.0. The lowest BCUT2D eigenvalue weighted by molar-refractivity contribution is -0.557. The number of rotatable bonds is 5. The third-order valence-corrected chi connectivity index (χ3v) is 10.7. The molecular formula is C24H39NO6. The second kappa shape index (κ2) is 7.98. The normalized spacial score (nSPS) is 50.1. The van der Waals surface area contributed by atoms with Crippen LogP contribution in [0.25, 0.3) is 0 Å². The molecule has 1 unspecified atom stereocenters. The minimum atomic E-state index is -0.771. The third-order valence-electron chi connectivity index (χ3n) is 10.7. The van der Waals surface area contributed by atoms with Crippen LogP contribution in [0.2, 0.25) is 0 Å². The van der Waals surface area contributed by atoms with Crippen LogP contribution in [0.15, 0.2) is 0 Å². The molecule has 7 nitrogen and oxygen atoms in total. The average Bonchev–Trinajstić information content (AvgIpc) is 3.05. The zero-order valence-corrected chi connectivity index (χ0v) is 19.1. The summed E-state index contributed by atoms with van der Waals surface area (Å²) >= 11 is 0. The predicted molar refractivity (Wildman–Crippen MR) is 115 cm³/mol. The van der Waals surface area contributed by atoms with Crippen molar-refractivity contribution < 1.29 is 25.0 Å². The van der Waals surface area contributed by atoms with E-state index in [1.54, 1.807) is 0 Å². The van der Waals surface area contributed by atoms with Crippen molar-refractivity contribution >= 4 is 5.97 Å². The van der Waals surface area contributed by atoms with Gasteiger partial charge < -0.3 is 15.3 Å². The van der Waals surface area contributed by atoms with E-state index in [9.17, 15) is 25.1 Å². The van der Waals surface area contributed by atoms with Crippen LogP contribution >= 0.6 is 0 Å². The summed E-state index contributed by atoms with van der Waals surface area (Å²) in [6, 6.07) is -0.753. The fraction of sp³-hybridized carbons (Fsp3) is 0.958. The summed E-state index contributed by atoms with van der Waals surface area (Å²) < 4.78 is 0. The number of carbonyl (C=O) groups is 1. The van der Waals surface area contributed by atoms with E-state index in [0.29, 0.717) is 31.1 Å². The highest BCUT2D eigenvalue weighted by Crippen LogP contribution is 2.68. The van der Waals surface area contributed by atoms with Gasteiger partial charge in [0.2, 0.25) is 6.04 Å². The van der Waals surface area contributed by atoms with Crippen LogP contribution in [0.5, 0.6) is 0 Å². The molecule has 0 aliphatic heterocycles. The van der Waals surface area contributed by atoms with Crippen molar-refractivity contribution in [1.29, 1.82) is 0 Å². The minimum Gasteiger partial charge on any atom is -0.481 e. The molecule has 3 N–H and O–H groups in total. The summed E-state index contributed by atoms with van der Waals surface area (Å²) in [5, 5.41) is 43.0. The molecule has 0 aromatic carbocycles. The van der Waals surface area contributed by atoms with E-state index in [1.807, 2.05) is 0 Å². The van der Waals surface area contributed by atoms with Crippen molar-refractivity contribution in [3.05, 3.63) is 10.1 Å². The fourth-order valence-corrected chi connectivity index (χ4v) is 9.09. The molecular weight excluding hydrogens is 398 g/mol. The number of carboxylic acid groups (broad SMARTS) is 1. The number of nitrogens with zero attached hydrogens (tertiary/aromatic N) is 1. The molecule has 4 rings (SSSR count). The highest BCUT2D eigenvalue weighted by atomic mass is 16.6. The van der Waals surface area contributed by atoms with Gasteiger partial charge in [-0.05, 0) is 85.9 Å². The topological polar surface area (TPSA) is 121 Å². The van der Waals surface area contributed by atoms with E-state index in [4.69, 9.17) is 5.11 Å². The maximum Gasteiger partial charge on any atom is 0.303 e. The largest absolute Gasteiger partial charge is 0.481 e. The number of fused-ring (bicyclic) bond motifs is 5. The zero-order valence-electron chi connectivity index (χ0n) is 19.1. The van der Waals surface area contributed by atoms with Gasteiger partial charge in [-0.25, -0.2) is 0 Å². The molecule has 0 radical (unpaired) electrons. The standard InChI is InChI=1S/C24H39NO6/c1-13(4-9-22(28)29)17-7-8-18-16-6-5-14-10-15(26)11-20(25(30)31)23(14,2)19(16)12-21(27)24(17,18)3/h13-21,26-27H,4-12H2,1-3H3,(H,28,29)/t13-,14-,15+,16+,17-,18+,19+,20?,21+,23+,24-/m1/s1. The Balaban J connectivity index is 1.63. The number of hydrogen-bond acceptors (Lipinski definition) is 5. The van der Waals surface area contributed by atoms with Gasteiger partial charge in [-0.2, -0.15) is 0 Å². The van der Waals surface area contributed by atoms with Crippen LogP contribution in [0, 0.1) is 56.5 Å². The molecule has 0 amide bonds. The van der Waals surface area contributed by atoms with E-state index < -0.39 is 29.6 Å². The van der Waals surface area contributed by atoms with Gasteiger partial charge >= 0.3 is 5.97 Å². The van der Waals surface area contributed by atoms with Crippen LogP contribution in [0.4, 0.5) is 0 Å². The molecule has 4 aliphatic rings. The smallest absolute Gasteiger partial charge is 0.303 e. The number of carboxylic acids is 1. The van der Waals surface area contributed by atoms with Crippen LogP contribution in [0.1, 0.15) is 78.6 Å². The first-order valence-electron chi connectivity index (χ1n) is 12.2. The fourth-order valence-electron chi connectivity index (χ4n) is 9.09. The van der Waals surface area contributed by atoms with Crippen LogP contribution in [0.3, 0.4) is 0 Å². The number of aliphatic hydroxyl groups excluding tert-OH is 2. The first-order chi connectivity index (χ1) is 14.5. The number of aliphatic hydroxyl groups is 2. The molecule has 0 aromatic heterocycles. The van der Waals surface area contributed by atoms with Crippen molar-refractivity contribution in [3.63, 3.8) is 0 Å². The van der Waals surface area contributed by atoms with Gasteiger partial charge in [-0.1, -0.05) is 20.8 Å². The summed E-state index contributed by atoms with van der Waals surface area (Å²) in [7, 11) is 0. The predicted octanol–water partition coefficient (Wildman–Crippen LogP) is 3.73. The number of aliphatic carboxylic acids is 1. The molecule has 0 heterocycles. The van der Waals surface area contributed by atoms with Crippen molar-refractivity contribution in [2.75, 3.05) is 0 Å². The minimum absolute atomic E-state index is 0.107. The first kappa shape index (κ1) is 23.0. The molecule has 4 fully saturated rings. The van der Waals surface area contributed by atoms with Gasteiger partial charge in [-0.15, -0.1) is 0 Å². The summed E-state index contributed by atoms with van der Waals surface area (Å²) in [5.41, 5.74) is -0.735. The molecule has 0 bridgehead atoms. The highest BCUT2D eigenvalue weighted by molar-refractivity contribution is 5.66. The second-order valence-corrected chi connectivity index (χ2v) is 11.7. The Morgan fingerprint density at radius 2 is 1.77 bits per heavy atom. The third kappa shape index (κ3) is 3.41. The van der Waals surface area contributed by atoms with E-state index >= 15 is 0 Å². The van der Waals surface area contributed by atoms with Crippen molar-refractivity contribution in [2.45, 2.75) is 96.8 Å². The highest BCUT2D eigenvalue weighted by Gasteiger charge is 2.67. The molecule has 4 saturated carbocycles. The molecule has 176 valence electrons. The zero-order chi connectivity index (χ0) is 22.7. The number of nitro groups is 1. The number of hydrogen-bond donors (Lipinski definition) is 3. The van der Waals surface area contributed by atoms with Gasteiger partial charge in [0.15, 0.2) is 0 Å². The lowest BCUT2D eigenvalue weighted by Gasteiger charge is -2.62. The maximum atomic E-state index is 12.1. The quantitative estimate of drug-likeness (QED) is 0.445. The molecule has 4 aliphatic carbocycles. The van der Waals surface area contributed by atoms with E-state index in [1.165, 1.54) is 0 Å². The molecule has 31 heavy (non-hydrogen) atoms. The van der Waals surface area contributed by atoms with Gasteiger partial charge in [0, 0.05) is 23.2 Å². The van der Waals surface area contributed by atoms with Gasteiger partial charge in [-0.3, -0.25) is 14.9 Å². The van der Waals surface area contributed by atoms with E-state index in [0.717, 1.165) is 25.7 Å². The molecule has 0 spiro atoms. The first-order valence-corrected chi connectivity index (χ1v) is 12.2. The van der Waals surface area contributed by atoms with E-state index in [-0.39, 0.29) is 46.9 Å². The molecule has 11 atom stereocenters. The summed E-state index contributed by atoms with van der Waals surface area (Å²) in [6.45, 7) is 6.41. The Kier molecular flexibility index (Phi) is 5.91. The molecule has 0 saturated heterocycles. The summed E-state index contributed by atoms with van der Waals surface area (Å²) in [6.07, 6.45) is 5.07. The Hall–Kier alpha value is -1.21.